The van der Waals surface area contributed by atoms with E-state index in [1.54, 1.807) is 12.1 Å². The molecule has 2 nitrogen and oxygen atoms in total. The van der Waals surface area contributed by atoms with E-state index in [-0.39, 0.29) is 11.6 Å². The number of anilines is 1. The highest BCUT2D eigenvalue weighted by Crippen LogP contribution is 2.24. The zero-order valence-electron chi connectivity index (χ0n) is 10.2. The van der Waals surface area contributed by atoms with Crippen molar-refractivity contribution in [2.75, 3.05) is 12.4 Å². The molecule has 1 N–H and O–H groups in total. The summed E-state index contributed by atoms with van der Waals surface area (Å²) >= 11 is 9.41. The summed E-state index contributed by atoms with van der Waals surface area (Å²) in [7, 11) is 1.44. The average Bonchev–Trinajstić information content (AvgIpc) is 2.41. The molecule has 0 unspecified atom stereocenters. The summed E-state index contributed by atoms with van der Waals surface area (Å²) < 4.78 is 19.2. The van der Waals surface area contributed by atoms with Gasteiger partial charge in [0.25, 0.3) is 0 Å². The van der Waals surface area contributed by atoms with E-state index in [1.807, 2.05) is 18.2 Å². The lowest BCUT2D eigenvalue weighted by Crippen LogP contribution is -2.01. The van der Waals surface area contributed by atoms with Gasteiger partial charge in [-0.05, 0) is 35.9 Å². The molecule has 0 aliphatic rings. The first-order valence-electron chi connectivity index (χ1n) is 5.61. The van der Waals surface area contributed by atoms with Gasteiger partial charge in [0.2, 0.25) is 0 Å². The summed E-state index contributed by atoms with van der Waals surface area (Å²) in [6.07, 6.45) is 0. The van der Waals surface area contributed by atoms with Crippen molar-refractivity contribution in [1.82, 2.24) is 0 Å². The maximum Gasteiger partial charge on any atom is 0.165 e. The Morgan fingerprint density at radius 2 is 2.05 bits per heavy atom. The highest BCUT2D eigenvalue weighted by atomic mass is 79.9. The van der Waals surface area contributed by atoms with Crippen molar-refractivity contribution in [3.8, 4) is 5.75 Å². The minimum Gasteiger partial charge on any atom is -0.494 e. The van der Waals surface area contributed by atoms with Gasteiger partial charge in [-0.3, -0.25) is 0 Å². The maximum atomic E-state index is 13.3. The van der Waals surface area contributed by atoms with Gasteiger partial charge in [-0.2, -0.15) is 0 Å². The van der Waals surface area contributed by atoms with Crippen molar-refractivity contribution >= 4 is 33.2 Å². The number of nitrogens with one attached hydrogen (secondary N) is 1. The van der Waals surface area contributed by atoms with Crippen molar-refractivity contribution in [3.05, 3.63) is 57.3 Å². The minimum absolute atomic E-state index is 0.218. The number of methoxy groups -OCH3 is 1. The summed E-state index contributed by atoms with van der Waals surface area (Å²) in [4.78, 5) is 0. The predicted molar refractivity (Wildman–Crippen MR) is 79.4 cm³/mol. The van der Waals surface area contributed by atoms with Crippen LogP contribution in [-0.4, -0.2) is 7.11 Å². The number of ether oxygens (including phenoxy) is 1. The van der Waals surface area contributed by atoms with Crippen molar-refractivity contribution in [3.63, 3.8) is 0 Å². The van der Waals surface area contributed by atoms with Crippen LogP contribution in [-0.2, 0) is 6.54 Å². The van der Waals surface area contributed by atoms with Crippen molar-refractivity contribution < 1.29 is 9.13 Å². The summed E-state index contributed by atoms with van der Waals surface area (Å²) in [5, 5.41) is 3.87. The molecule has 5 heteroatoms. The quantitative estimate of drug-likeness (QED) is 0.855. The number of rotatable bonds is 4. The monoisotopic (exact) mass is 343 g/mol. The Morgan fingerprint density at radius 3 is 2.79 bits per heavy atom. The van der Waals surface area contributed by atoms with E-state index in [0.717, 1.165) is 15.7 Å². The SMILES string of the molecule is COc1cc(NCc2cc(Cl)ccc2Br)ccc1F. The van der Waals surface area contributed by atoms with Crippen molar-refractivity contribution in [2.24, 2.45) is 0 Å². The van der Waals surface area contributed by atoms with Crippen LogP contribution in [0.15, 0.2) is 40.9 Å². The van der Waals surface area contributed by atoms with Gasteiger partial charge >= 0.3 is 0 Å². The Kier molecular flexibility index (Phi) is 4.66. The third-order valence-corrected chi connectivity index (χ3v) is 3.65. The van der Waals surface area contributed by atoms with Crippen molar-refractivity contribution in [1.29, 1.82) is 0 Å². The highest BCUT2D eigenvalue weighted by molar-refractivity contribution is 9.10. The second-order valence-electron chi connectivity index (χ2n) is 3.94. The third-order valence-electron chi connectivity index (χ3n) is 2.64. The number of hydrogen-bond donors (Lipinski definition) is 1. The molecule has 0 fully saturated rings. The van der Waals surface area contributed by atoms with Crippen LogP contribution in [0, 0.1) is 5.82 Å². The molecule has 0 spiro atoms. The van der Waals surface area contributed by atoms with Crippen LogP contribution in [0.25, 0.3) is 0 Å². The molecule has 0 saturated carbocycles. The van der Waals surface area contributed by atoms with Gasteiger partial charge in [-0.25, -0.2) is 4.39 Å². The fraction of sp³-hybridized carbons (Fsp3) is 0.143. The fourth-order valence-corrected chi connectivity index (χ4v) is 2.23. The number of hydrogen-bond acceptors (Lipinski definition) is 2. The molecule has 19 heavy (non-hydrogen) atoms. The van der Waals surface area contributed by atoms with E-state index in [1.165, 1.54) is 13.2 Å². The van der Waals surface area contributed by atoms with Gasteiger partial charge in [0.1, 0.15) is 0 Å². The molecule has 0 saturated heterocycles. The third kappa shape index (κ3) is 3.61. The van der Waals surface area contributed by atoms with E-state index >= 15 is 0 Å². The fourth-order valence-electron chi connectivity index (χ4n) is 1.65. The van der Waals surface area contributed by atoms with Crippen LogP contribution in [0.1, 0.15) is 5.56 Å². The Hall–Kier alpha value is -1.26. The maximum absolute atomic E-state index is 13.3. The molecule has 0 heterocycles. The zero-order valence-corrected chi connectivity index (χ0v) is 12.6. The summed E-state index contributed by atoms with van der Waals surface area (Å²) in [6, 6.07) is 10.2. The standard InChI is InChI=1S/C14H12BrClFNO/c1-19-14-7-11(3-5-13(14)17)18-8-9-6-10(16)2-4-12(9)15/h2-7,18H,8H2,1H3. The Morgan fingerprint density at radius 1 is 1.26 bits per heavy atom. The molecule has 2 aromatic carbocycles. The average molecular weight is 345 g/mol. The molecular weight excluding hydrogens is 333 g/mol. The van der Waals surface area contributed by atoms with Gasteiger partial charge in [0.15, 0.2) is 11.6 Å². The van der Waals surface area contributed by atoms with Gasteiger partial charge in [0, 0.05) is 27.8 Å². The second-order valence-corrected chi connectivity index (χ2v) is 5.23. The second kappa shape index (κ2) is 6.26. The number of halogens is 3. The Bertz CT molecular complexity index is 592. The smallest absolute Gasteiger partial charge is 0.165 e. The zero-order chi connectivity index (χ0) is 13.8. The van der Waals surface area contributed by atoms with Gasteiger partial charge < -0.3 is 10.1 Å². The van der Waals surface area contributed by atoms with Crippen LogP contribution in [0.4, 0.5) is 10.1 Å². The molecule has 2 aromatic rings. The highest BCUT2D eigenvalue weighted by Gasteiger charge is 2.05. The summed E-state index contributed by atoms with van der Waals surface area (Å²) in [5.41, 5.74) is 1.81. The van der Waals surface area contributed by atoms with Crippen molar-refractivity contribution in [2.45, 2.75) is 6.54 Å². The van der Waals surface area contributed by atoms with E-state index in [2.05, 4.69) is 21.2 Å². The molecule has 100 valence electrons. The molecule has 2 rings (SSSR count). The van der Waals surface area contributed by atoms with Crippen LogP contribution < -0.4 is 10.1 Å². The van der Waals surface area contributed by atoms with E-state index < -0.39 is 0 Å². The summed E-state index contributed by atoms with van der Waals surface area (Å²) in [5.74, 6) is -0.160. The molecule has 0 bridgehead atoms. The molecule has 0 aromatic heterocycles. The predicted octanol–water partition coefficient (Wildman–Crippen LogP) is 4.86. The van der Waals surface area contributed by atoms with Gasteiger partial charge in [-0.15, -0.1) is 0 Å². The first-order chi connectivity index (χ1) is 9.10. The van der Waals surface area contributed by atoms with Crippen LogP contribution in [0.3, 0.4) is 0 Å². The van der Waals surface area contributed by atoms with Crippen LogP contribution in [0.5, 0.6) is 5.75 Å². The minimum atomic E-state index is -0.378. The Balaban J connectivity index is 2.12. The first-order valence-corrected chi connectivity index (χ1v) is 6.78. The van der Waals surface area contributed by atoms with Crippen LogP contribution in [0.2, 0.25) is 5.02 Å². The first kappa shape index (κ1) is 14.2. The normalized spacial score (nSPS) is 10.3. The molecule has 0 atom stereocenters. The molecule has 0 amide bonds. The van der Waals surface area contributed by atoms with Gasteiger partial charge in [0.05, 0.1) is 7.11 Å². The number of benzene rings is 2. The van der Waals surface area contributed by atoms with E-state index in [0.29, 0.717) is 11.6 Å². The molecule has 0 radical (unpaired) electrons. The topological polar surface area (TPSA) is 21.3 Å². The molecular formula is C14H12BrClFNO. The van der Waals surface area contributed by atoms with E-state index in [9.17, 15) is 4.39 Å². The lowest BCUT2D eigenvalue weighted by atomic mass is 10.2. The lowest BCUT2D eigenvalue weighted by molar-refractivity contribution is 0.387. The Labute approximate surface area is 124 Å². The largest absolute Gasteiger partial charge is 0.494 e. The van der Waals surface area contributed by atoms with E-state index in [4.69, 9.17) is 16.3 Å². The lowest BCUT2D eigenvalue weighted by Gasteiger charge is -2.10. The van der Waals surface area contributed by atoms with Crippen LogP contribution >= 0.6 is 27.5 Å². The molecule has 0 aliphatic heterocycles. The summed E-state index contributed by atoms with van der Waals surface area (Å²) in [6.45, 7) is 0.579. The molecule has 0 aliphatic carbocycles. The van der Waals surface area contributed by atoms with Gasteiger partial charge in [-0.1, -0.05) is 27.5 Å².